The molecular weight excluding hydrogens is 320 g/mol. The van der Waals surface area contributed by atoms with E-state index in [-0.39, 0.29) is 12.3 Å². The second-order valence-corrected chi connectivity index (χ2v) is 5.75. The molecule has 1 unspecified atom stereocenters. The summed E-state index contributed by atoms with van der Waals surface area (Å²) in [6.45, 7) is 2.47. The number of carbonyl (C=O) groups excluding carboxylic acids is 3. The zero-order chi connectivity index (χ0) is 16.8. The van der Waals surface area contributed by atoms with Gasteiger partial charge in [-0.2, -0.15) is 0 Å². The van der Waals surface area contributed by atoms with Crippen LogP contribution < -0.4 is 21.1 Å². The first-order chi connectivity index (χ1) is 11.0. The minimum atomic E-state index is -0.943. The van der Waals surface area contributed by atoms with Crippen molar-refractivity contribution in [1.29, 1.82) is 0 Å². The Hall–Kier alpha value is -2.55. The van der Waals surface area contributed by atoms with E-state index in [9.17, 15) is 14.4 Å². The summed E-state index contributed by atoms with van der Waals surface area (Å²) in [5.41, 5.74) is 5.50. The number of nitrogens with two attached hydrogens (primary N) is 1. The molecule has 1 aliphatic rings. The normalized spacial score (nSPS) is 18.6. The van der Waals surface area contributed by atoms with Gasteiger partial charge in [0.2, 0.25) is 11.8 Å². The van der Waals surface area contributed by atoms with E-state index in [4.69, 9.17) is 10.5 Å². The van der Waals surface area contributed by atoms with Crippen LogP contribution in [0, 0.1) is 0 Å². The molecule has 1 heterocycles. The maximum atomic E-state index is 11.8. The summed E-state index contributed by atoms with van der Waals surface area (Å²) in [5.74, 6) is -0.202. The lowest BCUT2D eigenvalue weighted by Crippen LogP contribution is -2.37. The highest BCUT2D eigenvalue weighted by atomic mass is 32.2. The zero-order valence-corrected chi connectivity index (χ0v) is 13.2. The number of primary amides is 1. The number of hydrogen-bond donors (Lipinski definition) is 3. The van der Waals surface area contributed by atoms with Crippen molar-refractivity contribution in [3.63, 3.8) is 0 Å². The molecule has 0 bridgehead atoms. The Balaban J connectivity index is 1.98. The average Bonchev–Trinajstić information content (AvgIpc) is 2.80. The molecule has 122 valence electrons. The molecule has 1 aliphatic heterocycles. The Morgan fingerprint density at radius 2 is 2.09 bits per heavy atom. The van der Waals surface area contributed by atoms with E-state index in [1.54, 1.807) is 24.3 Å². The monoisotopic (exact) mass is 336 g/mol. The number of imide groups is 1. The summed E-state index contributed by atoms with van der Waals surface area (Å²) in [7, 11) is 0. The van der Waals surface area contributed by atoms with Gasteiger partial charge in [0.1, 0.15) is 11.0 Å². The van der Waals surface area contributed by atoms with Crippen LogP contribution in [0.2, 0.25) is 0 Å². The number of hydrogen-bond acceptors (Lipinski definition) is 6. The second-order valence-electron chi connectivity index (χ2n) is 4.56. The molecule has 23 heavy (non-hydrogen) atoms. The van der Waals surface area contributed by atoms with Gasteiger partial charge in [0.05, 0.1) is 12.3 Å². The van der Waals surface area contributed by atoms with Gasteiger partial charge in [0.25, 0.3) is 0 Å². The maximum absolute atomic E-state index is 11.8. The van der Waals surface area contributed by atoms with Gasteiger partial charge >= 0.3 is 6.03 Å². The van der Waals surface area contributed by atoms with Crippen molar-refractivity contribution in [1.82, 2.24) is 10.6 Å². The standard InChI is InChI=1S/C14H16N4O4S/c1-2-22-9-5-3-8(4-6-9)16-14-18-12(20)10(23-14)7-11(19)17-13(15)21/h3-6,10H,2,7H2,1H3,(H,16,18,20)(H3,15,17,19,21). The molecule has 0 saturated carbocycles. The Kier molecular flexibility index (Phi) is 5.58. The molecule has 4 N–H and O–H groups in total. The third kappa shape index (κ3) is 4.99. The number of urea groups is 1. The third-order valence-corrected chi connectivity index (χ3v) is 3.87. The number of ether oxygens (including phenoxy) is 1. The van der Waals surface area contributed by atoms with Gasteiger partial charge in [-0.1, -0.05) is 11.8 Å². The van der Waals surface area contributed by atoms with Crippen LogP contribution in [0.3, 0.4) is 0 Å². The molecule has 8 nitrogen and oxygen atoms in total. The summed E-state index contributed by atoms with van der Waals surface area (Å²) in [5, 5.41) is 4.28. The lowest BCUT2D eigenvalue weighted by atomic mass is 10.3. The maximum Gasteiger partial charge on any atom is 0.318 e. The zero-order valence-electron chi connectivity index (χ0n) is 12.4. The van der Waals surface area contributed by atoms with Gasteiger partial charge in [-0.3, -0.25) is 14.9 Å². The molecule has 4 amide bonds. The minimum Gasteiger partial charge on any atom is -0.494 e. The Labute approximate surface area is 136 Å². The van der Waals surface area contributed by atoms with Crippen LogP contribution in [0.25, 0.3) is 0 Å². The van der Waals surface area contributed by atoms with Gasteiger partial charge in [0, 0.05) is 6.42 Å². The van der Waals surface area contributed by atoms with Gasteiger partial charge in [-0.05, 0) is 31.2 Å². The fourth-order valence-corrected chi connectivity index (χ4v) is 2.84. The molecule has 0 spiro atoms. The number of amidine groups is 1. The van der Waals surface area contributed by atoms with Crippen molar-refractivity contribution in [3.8, 4) is 5.75 Å². The number of carbonyl (C=O) groups is 3. The second kappa shape index (κ2) is 7.63. The van der Waals surface area contributed by atoms with Gasteiger partial charge < -0.3 is 15.8 Å². The molecular formula is C14H16N4O4S. The van der Waals surface area contributed by atoms with Gasteiger partial charge in [-0.15, -0.1) is 0 Å². The smallest absolute Gasteiger partial charge is 0.318 e. The highest BCUT2D eigenvalue weighted by Gasteiger charge is 2.32. The van der Waals surface area contributed by atoms with Crippen molar-refractivity contribution in [2.75, 3.05) is 6.61 Å². The first kappa shape index (κ1) is 16.8. The van der Waals surface area contributed by atoms with Crippen molar-refractivity contribution in [3.05, 3.63) is 24.3 Å². The first-order valence-corrected chi connectivity index (χ1v) is 7.74. The fraction of sp³-hybridized carbons (Fsp3) is 0.286. The van der Waals surface area contributed by atoms with Crippen LogP contribution in [0.5, 0.6) is 5.75 Å². The van der Waals surface area contributed by atoms with E-state index in [0.29, 0.717) is 17.5 Å². The molecule has 0 aliphatic carbocycles. The molecule has 1 atom stereocenters. The van der Waals surface area contributed by atoms with Crippen LogP contribution in [0.15, 0.2) is 29.3 Å². The number of rotatable bonds is 5. The van der Waals surface area contributed by atoms with Crippen molar-refractivity contribution < 1.29 is 19.1 Å². The number of nitrogens with zero attached hydrogens (tertiary/aromatic N) is 1. The van der Waals surface area contributed by atoms with Crippen LogP contribution in [0.4, 0.5) is 10.5 Å². The van der Waals surface area contributed by atoms with E-state index in [2.05, 4.69) is 10.3 Å². The van der Waals surface area contributed by atoms with Gasteiger partial charge in [0.15, 0.2) is 5.17 Å². The Bertz CT molecular complexity index is 645. The van der Waals surface area contributed by atoms with Gasteiger partial charge in [-0.25, -0.2) is 9.79 Å². The lowest BCUT2D eigenvalue weighted by Gasteiger charge is -2.04. The van der Waals surface area contributed by atoms with E-state index < -0.39 is 17.2 Å². The van der Waals surface area contributed by atoms with Crippen molar-refractivity contribution in [2.45, 2.75) is 18.6 Å². The fourth-order valence-electron chi connectivity index (χ4n) is 1.85. The van der Waals surface area contributed by atoms with Crippen LogP contribution >= 0.6 is 11.8 Å². The summed E-state index contributed by atoms with van der Waals surface area (Å²) in [6, 6.07) is 6.14. The number of thioether (sulfide) groups is 1. The molecule has 2 rings (SSSR count). The first-order valence-electron chi connectivity index (χ1n) is 6.86. The molecule has 1 fully saturated rings. The Morgan fingerprint density at radius 1 is 1.39 bits per heavy atom. The number of aliphatic imine (C=N–C) groups is 1. The molecule has 1 aromatic carbocycles. The van der Waals surface area contributed by atoms with Crippen LogP contribution in [0.1, 0.15) is 13.3 Å². The predicted octanol–water partition coefficient (Wildman–Crippen LogP) is 0.889. The average molecular weight is 336 g/mol. The summed E-state index contributed by atoms with van der Waals surface area (Å²) in [4.78, 5) is 38.2. The third-order valence-electron chi connectivity index (χ3n) is 2.79. The summed E-state index contributed by atoms with van der Waals surface area (Å²) >= 11 is 1.13. The van der Waals surface area contributed by atoms with E-state index in [1.165, 1.54) is 0 Å². The minimum absolute atomic E-state index is 0.151. The highest BCUT2D eigenvalue weighted by molar-refractivity contribution is 8.15. The number of amides is 4. The van der Waals surface area contributed by atoms with E-state index in [1.807, 2.05) is 12.2 Å². The molecule has 0 radical (unpaired) electrons. The topological polar surface area (TPSA) is 123 Å². The molecule has 1 saturated heterocycles. The Morgan fingerprint density at radius 3 is 2.70 bits per heavy atom. The highest BCUT2D eigenvalue weighted by Crippen LogP contribution is 2.26. The summed E-state index contributed by atoms with van der Waals surface area (Å²) < 4.78 is 5.33. The van der Waals surface area contributed by atoms with Crippen LogP contribution in [-0.2, 0) is 9.59 Å². The van der Waals surface area contributed by atoms with E-state index in [0.717, 1.165) is 17.5 Å². The number of nitrogens with one attached hydrogen (secondary N) is 2. The lowest BCUT2D eigenvalue weighted by molar-refractivity contribution is -0.124. The quantitative estimate of drug-likeness (QED) is 0.737. The van der Waals surface area contributed by atoms with Crippen molar-refractivity contribution >= 4 is 40.5 Å². The number of benzene rings is 1. The van der Waals surface area contributed by atoms with Crippen LogP contribution in [-0.4, -0.2) is 34.9 Å². The SMILES string of the molecule is CCOc1ccc(N=C2NC(=O)C(CC(=O)NC(N)=O)S2)cc1. The molecule has 9 heteroatoms. The summed E-state index contributed by atoms with van der Waals surface area (Å²) in [6.07, 6.45) is -0.151. The predicted molar refractivity (Wildman–Crippen MR) is 86.6 cm³/mol. The van der Waals surface area contributed by atoms with E-state index >= 15 is 0 Å². The largest absolute Gasteiger partial charge is 0.494 e. The molecule has 0 aromatic heterocycles. The molecule has 1 aromatic rings. The van der Waals surface area contributed by atoms with Crippen molar-refractivity contribution in [2.24, 2.45) is 10.7 Å².